The van der Waals surface area contributed by atoms with E-state index >= 15 is 0 Å². The summed E-state index contributed by atoms with van der Waals surface area (Å²) in [6.07, 6.45) is -0.679. The lowest BCUT2D eigenvalue weighted by molar-refractivity contribution is -0.127. The molecule has 124 valence electrons. The Hall–Kier alpha value is -2.89. The van der Waals surface area contributed by atoms with Crippen molar-refractivity contribution < 1.29 is 18.7 Å². The minimum absolute atomic E-state index is 0.0840. The molecule has 1 aliphatic heterocycles. The lowest BCUT2D eigenvalue weighted by Gasteiger charge is -2.32. The predicted molar refractivity (Wildman–Crippen MR) is 88.7 cm³/mol. The Morgan fingerprint density at radius 2 is 2.04 bits per heavy atom. The van der Waals surface area contributed by atoms with Crippen LogP contribution in [0.15, 0.2) is 42.5 Å². The first-order valence-corrected chi connectivity index (χ1v) is 7.59. The smallest absolute Gasteiger partial charge is 0.268 e. The lowest BCUT2D eigenvalue weighted by atomic mass is 10.1. The molecule has 1 heterocycles. The van der Waals surface area contributed by atoms with Crippen LogP contribution in [0.3, 0.4) is 0 Å². The van der Waals surface area contributed by atoms with Crippen molar-refractivity contribution in [3.05, 3.63) is 53.8 Å². The Bertz CT molecular complexity index is 807. The molecule has 1 unspecified atom stereocenters. The third-order valence-corrected chi connectivity index (χ3v) is 3.77. The molecule has 0 saturated heterocycles. The molecule has 0 aromatic heterocycles. The number of aryl methyl sites for hydroxylation is 1. The average molecular weight is 328 g/mol. The second-order valence-corrected chi connectivity index (χ2v) is 5.68. The Morgan fingerprint density at radius 3 is 2.79 bits per heavy atom. The van der Waals surface area contributed by atoms with Crippen LogP contribution in [0, 0.1) is 12.7 Å². The van der Waals surface area contributed by atoms with Gasteiger partial charge in [0, 0.05) is 0 Å². The quantitative estimate of drug-likeness (QED) is 0.942. The molecule has 2 aromatic rings. The van der Waals surface area contributed by atoms with Gasteiger partial charge in [-0.25, -0.2) is 4.39 Å². The first-order valence-electron chi connectivity index (χ1n) is 7.59. The highest BCUT2D eigenvalue weighted by Gasteiger charge is 2.32. The Labute approximate surface area is 139 Å². The van der Waals surface area contributed by atoms with Crippen LogP contribution >= 0.6 is 0 Å². The van der Waals surface area contributed by atoms with Crippen molar-refractivity contribution in [3.63, 3.8) is 0 Å². The summed E-state index contributed by atoms with van der Waals surface area (Å²) in [7, 11) is 0. The van der Waals surface area contributed by atoms with Crippen molar-refractivity contribution in [2.45, 2.75) is 20.0 Å². The fourth-order valence-electron chi connectivity index (χ4n) is 2.58. The number of nitrogens with zero attached hydrogens (tertiary/aromatic N) is 1. The number of rotatable bonds is 3. The molecule has 0 radical (unpaired) electrons. The monoisotopic (exact) mass is 328 g/mol. The number of carbonyl (C=O) groups is 2. The van der Waals surface area contributed by atoms with E-state index in [4.69, 9.17) is 4.74 Å². The van der Waals surface area contributed by atoms with E-state index in [0.717, 1.165) is 5.56 Å². The van der Waals surface area contributed by atoms with Gasteiger partial charge in [0.1, 0.15) is 18.1 Å². The third kappa shape index (κ3) is 3.08. The first-order chi connectivity index (χ1) is 11.5. The van der Waals surface area contributed by atoms with Crippen molar-refractivity contribution in [3.8, 4) is 5.75 Å². The summed E-state index contributed by atoms with van der Waals surface area (Å²) in [4.78, 5) is 26.0. The van der Waals surface area contributed by atoms with Crippen LogP contribution in [0.2, 0.25) is 0 Å². The molecule has 0 fully saturated rings. The number of nitrogens with one attached hydrogen (secondary N) is 1. The molecule has 0 spiro atoms. The number of hydrogen-bond acceptors (Lipinski definition) is 3. The SMILES string of the molecule is Cc1ccc2c(c1)N(CC(=O)Nc1ccccc1F)C(=O)C(C)O2. The maximum atomic E-state index is 13.6. The van der Waals surface area contributed by atoms with E-state index in [0.29, 0.717) is 11.4 Å². The number of hydrogen-bond donors (Lipinski definition) is 1. The summed E-state index contributed by atoms with van der Waals surface area (Å²) >= 11 is 0. The standard InChI is InChI=1S/C18H17FN2O3/c1-11-7-8-16-15(9-11)21(18(23)12(2)24-16)10-17(22)20-14-6-4-3-5-13(14)19/h3-9,12H,10H2,1-2H3,(H,20,22). The number of halogens is 1. The fourth-order valence-corrected chi connectivity index (χ4v) is 2.58. The number of carbonyl (C=O) groups excluding carboxylic acids is 2. The van der Waals surface area contributed by atoms with Crippen LogP contribution in [0.4, 0.5) is 15.8 Å². The van der Waals surface area contributed by atoms with Gasteiger partial charge in [0.2, 0.25) is 5.91 Å². The van der Waals surface area contributed by atoms with E-state index in [1.165, 1.54) is 23.1 Å². The maximum absolute atomic E-state index is 13.6. The summed E-state index contributed by atoms with van der Waals surface area (Å²) in [5, 5.41) is 2.49. The zero-order chi connectivity index (χ0) is 17.3. The molecule has 0 bridgehead atoms. The number of para-hydroxylation sites is 1. The van der Waals surface area contributed by atoms with Gasteiger partial charge >= 0.3 is 0 Å². The number of fused-ring (bicyclic) bond motifs is 1. The van der Waals surface area contributed by atoms with E-state index in [-0.39, 0.29) is 18.1 Å². The normalized spacial score (nSPS) is 16.4. The second kappa shape index (κ2) is 6.31. The first kappa shape index (κ1) is 16.0. The van der Waals surface area contributed by atoms with E-state index in [1.807, 2.05) is 13.0 Å². The van der Waals surface area contributed by atoms with Gasteiger partial charge < -0.3 is 10.1 Å². The van der Waals surface area contributed by atoms with Crippen molar-refractivity contribution in [1.29, 1.82) is 0 Å². The van der Waals surface area contributed by atoms with Gasteiger partial charge in [-0.3, -0.25) is 14.5 Å². The topological polar surface area (TPSA) is 58.6 Å². The fraction of sp³-hybridized carbons (Fsp3) is 0.222. The second-order valence-electron chi connectivity index (χ2n) is 5.68. The van der Waals surface area contributed by atoms with Gasteiger partial charge in [-0.1, -0.05) is 18.2 Å². The van der Waals surface area contributed by atoms with Crippen LogP contribution in [0.25, 0.3) is 0 Å². The number of amides is 2. The van der Waals surface area contributed by atoms with Gasteiger partial charge in [-0.15, -0.1) is 0 Å². The van der Waals surface area contributed by atoms with Crippen LogP contribution in [0.1, 0.15) is 12.5 Å². The van der Waals surface area contributed by atoms with E-state index in [9.17, 15) is 14.0 Å². The Balaban J connectivity index is 1.83. The molecular formula is C18H17FN2O3. The molecule has 1 atom stereocenters. The molecule has 2 amide bonds. The zero-order valence-electron chi connectivity index (χ0n) is 13.4. The summed E-state index contributed by atoms with van der Waals surface area (Å²) in [6, 6.07) is 11.3. The Morgan fingerprint density at radius 1 is 1.29 bits per heavy atom. The van der Waals surface area contributed by atoms with Crippen molar-refractivity contribution >= 4 is 23.2 Å². The third-order valence-electron chi connectivity index (χ3n) is 3.77. The van der Waals surface area contributed by atoms with Gasteiger partial charge in [0.25, 0.3) is 5.91 Å². The molecule has 3 rings (SSSR count). The molecule has 24 heavy (non-hydrogen) atoms. The summed E-state index contributed by atoms with van der Waals surface area (Å²) < 4.78 is 19.2. The summed E-state index contributed by atoms with van der Waals surface area (Å²) in [6.45, 7) is 3.31. The van der Waals surface area contributed by atoms with Gasteiger partial charge in [0.05, 0.1) is 11.4 Å². The minimum Gasteiger partial charge on any atom is -0.479 e. The largest absolute Gasteiger partial charge is 0.479 e. The average Bonchev–Trinajstić information content (AvgIpc) is 2.55. The molecule has 1 N–H and O–H groups in total. The van der Waals surface area contributed by atoms with E-state index in [2.05, 4.69) is 5.32 Å². The molecule has 6 heteroatoms. The molecule has 5 nitrogen and oxygen atoms in total. The highest BCUT2D eigenvalue weighted by Crippen LogP contribution is 2.34. The van der Waals surface area contributed by atoms with Crippen LogP contribution in [0.5, 0.6) is 5.75 Å². The van der Waals surface area contributed by atoms with E-state index < -0.39 is 17.8 Å². The number of ether oxygens (including phenoxy) is 1. The Kier molecular flexibility index (Phi) is 4.20. The number of benzene rings is 2. The molecular weight excluding hydrogens is 311 g/mol. The molecule has 2 aromatic carbocycles. The van der Waals surface area contributed by atoms with Crippen molar-refractivity contribution in [2.24, 2.45) is 0 Å². The zero-order valence-corrected chi connectivity index (χ0v) is 13.4. The van der Waals surface area contributed by atoms with E-state index in [1.54, 1.807) is 25.1 Å². The van der Waals surface area contributed by atoms with Crippen LogP contribution in [-0.2, 0) is 9.59 Å². The van der Waals surface area contributed by atoms with Gasteiger partial charge in [0.15, 0.2) is 6.10 Å². The number of anilines is 2. The van der Waals surface area contributed by atoms with Crippen LogP contribution < -0.4 is 15.0 Å². The summed E-state index contributed by atoms with van der Waals surface area (Å²) in [5.41, 5.74) is 1.57. The maximum Gasteiger partial charge on any atom is 0.268 e. The van der Waals surface area contributed by atoms with Crippen molar-refractivity contribution in [2.75, 3.05) is 16.8 Å². The van der Waals surface area contributed by atoms with Crippen molar-refractivity contribution in [1.82, 2.24) is 0 Å². The highest BCUT2D eigenvalue weighted by atomic mass is 19.1. The summed E-state index contributed by atoms with van der Waals surface area (Å²) in [5.74, 6) is -0.762. The molecule has 0 saturated carbocycles. The van der Waals surface area contributed by atoms with Gasteiger partial charge in [-0.2, -0.15) is 0 Å². The lowest BCUT2D eigenvalue weighted by Crippen LogP contribution is -2.47. The van der Waals surface area contributed by atoms with Gasteiger partial charge in [-0.05, 0) is 43.7 Å². The predicted octanol–water partition coefficient (Wildman–Crippen LogP) is 2.89. The molecule has 0 aliphatic carbocycles. The van der Waals surface area contributed by atoms with Crippen LogP contribution in [-0.4, -0.2) is 24.5 Å². The molecule has 1 aliphatic rings. The highest BCUT2D eigenvalue weighted by molar-refractivity contribution is 6.06. The minimum atomic E-state index is -0.679.